The predicted molar refractivity (Wildman–Crippen MR) is 115 cm³/mol. The second-order valence-corrected chi connectivity index (χ2v) is 9.05. The third kappa shape index (κ3) is 6.54. The second-order valence-electron chi connectivity index (χ2n) is 9.05. The number of fused-ring (bicyclic) bond motifs is 1. The second kappa shape index (κ2) is 10.3. The molecule has 2 aliphatic heterocycles. The van der Waals surface area contributed by atoms with E-state index in [0.717, 1.165) is 18.5 Å². The summed E-state index contributed by atoms with van der Waals surface area (Å²) in [6.07, 6.45) is -4.31. The van der Waals surface area contributed by atoms with E-state index in [1.54, 1.807) is 12.1 Å². The lowest BCUT2D eigenvalue weighted by atomic mass is 10.0. The highest BCUT2D eigenvalue weighted by Crippen LogP contribution is 2.31. The lowest BCUT2D eigenvalue weighted by Gasteiger charge is -2.35. The zero-order chi connectivity index (χ0) is 26.0. The van der Waals surface area contributed by atoms with Gasteiger partial charge in [-0.1, -0.05) is 26.0 Å². The van der Waals surface area contributed by atoms with Crippen LogP contribution in [0.5, 0.6) is 0 Å². The van der Waals surface area contributed by atoms with Gasteiger partial charge in [0.15, 0.2) is 5.82 Å². The van der Waals surface area contributed by atoms with Crippen molar-refractivity contribution in [1.82, 2.24) is 19.2 Å². The van der Waals surface area contributed by atoms with Crippen LogP contribution in [0.3, 0.4) is 0 Å². The van der Waals surface area contributed by atoms with Crippen LogP contribution in [0.2, 0.25) is 0 Å². The fourth-order valence-electron chi connectivity index (χ4n) is 4.03. The van der Waals surface area contributed by atoms with Crippen molar-refractivity contribution in [2.45, 2.75) is 58.3 Å². The Morgan fingerprint density at radius 3 is 2.37 bits per heavy atom. The van der Waals surface area contributed by atoms with E-state index < -0.39 is 28.9 Å². The van der Waals surface area contributed by atoms with E-state index in [9.17, 15) is 27.2 Å². The van der Waals surface area contributed by atoms with E-state index in [2.05, 4.69) is 10.00 Å². The highest BCUT2D eigenvalue weighted by Gasteiger charge is 2.43. The first-order valence-corrected chi connectivity index (χ1v) is 10.9. The Hall–Kier alpha value is -3.06. The summed E-state index contributed by atoms with van der Waals surface area (Å²) in [5.74, 6) is -2.28. The molecule has 1 fully saturated rings. The third-order valence-corrected chi connectivity index (χ3v) is 5.66. The number of carboxylic acid groups (broad SMARTS) is 1. The molecule has 1 N–H and O–H groups in total. The molecule has 0 radical (unpaired) electrons. The van der Waals surface area contributed by atoms with Gasteiger partial charge in [-0.05, 0) is 30.0 Å². The minimum Gasteiger partial charge on any atom is -0.475 e. The number of hydrogen-bond acceptors (Lipinski definition) is 6. The van der Waals surface area contributed by atoms with Crippen LogP contribution in [0.25, 0.3) is 0 Å². The molecule has 0 amide bonds. The number of carbonyl (C=O) groups is 1. The Morgan fingerprint density at radius 1 is 1.17 bits per heavy atom. The Bertz CT molecular complexity index is 1180. The fourth-order valence-corrected chi connectivity index (χ4v) is 4.03. The maximum absolute atomic E-state index is 13.1. The van der Waals surface area contributed by atoms with Crippen molar-refractivity contribution in [3.63, 3.8) is 0 Å². The zero-order valence-electron chi connectivity index (χ0n) is 19.2. The van der Waals surface area contributed by atoms with E-state index in [1.807, 2.05) is 13.8 Å². The summed E-state index contributed by atoms with van der Waals surface area (Å²) in [5, 5.41) is 11.5. The van der Waals surface area contributed by atoms with Crippen molar-refractivity contribution < 1.29 is 32.2 Å². The Balaban J connectivity index is 0.000000429. The lowest BCUT2D eigenvalue weighted by Crippen LogP contribution is -2.53. The Morgan fingerprint density at radius 2 is 1.80 bits per heavy atom. The standard InChI is InChI=1S/C20H25FN4O3.C2HF3O2/c1-14(2)9-25-19(27)18(26)24-13-20(28-11-17(24)22-25)7-8-23(12-20)10-15-3-5-16(21)6-4-15;3-2(4,5)1(6)7/h3-6,14H,7-13H2,1-2H3;(H,6,7). The van der Waals surface area contributed by atoms with Crippen LogP contribution in [-0.4, -0.2) is 55.2 Å². The molecule has 1 aromatic carbocycles. The molecule has 2 aliphatic rings. The summed E-state index contributed by atoms with van der Waals surface area (Å²) in [5.41, 5.74) is -0.555. The highest BCUT2D eigenvalue weighted by atomic mass is 19.4. The molecule has 3 heterocycles. The van der Waals surface area contributed by atoms with Gasteiger partial charge in [0.1, 0.15) is 18.0 Å². The number of ether oxygens (including phenoxy) is 1. The average Bonchev–Trinajstić information content (AvgIpc) is 3.15. The van der Waals surface area contributed by atoms with Crippen LogP contribution in [0.4, 0.5) is 17.6 Å². The normalized spacial score (nSPS) is 20.0. The van der Waals surface area contributed by atoms with Gasteiger partial charge >= 0.3 is 23.3 Å². The summed E-state index contributed by atoms with van der Waals surface area (Å²) < 4.78 is 53.7. The first kappa shape index (κ1) is 26.5. The van der Waals surface area contributed by atoms with Crippen molar-refractivity contribution in [2.75, 3.05) is 13.1 Å². The molecule has 2 aromatic rings. The third-order valence-electron chi connectivity index (χ3n) is 5.66. The lowest BCUT2D eigenvalue weighted by molar-refractivity contribution is -0.192. The SMILES string of the molecule is CC(C)Cn1nc2n(c(=O)c1=O)CC1(CCN(Cc3ccc(F)cc3)C1)OC2.O=C(O)C(F)(F)F. The van der Waals surface area contributed by atoms with Crippen LogP contribution in [-0.2, 0) is 35.8 Å². The number of hydrogen-bond donors (Lipinski definition) is 1. The quantitative estimate of drug-likeness (QED) is 0.504. The summed E-state index contributed by atoms with van der Waals surface area (Å²) in [7, 11) is 0. The van der Waals surface area contributed by atoms with Crippen LogP contribution >= 0.6 is 0 Å². The van der Waals surface area contributed by atoms with E-state index in [-0.39, 0.29) is 18.3 Å². The minimum absolute atomic E-state index is 0.220. The van der Waals surface area contributed by atoms with Gasteiger partial charge in [0.25, 0.3) is 0 Å². The van der Waals surface area contributed by atoms with Crippen molar-refractivity contribution in [3.8, 4) is 0 Å². The number of aromatic nitrogens is 3. The van der Waals surface area contributed by atoms with E-state index in [1.165, 1.54) is 21.4 Å². The molecule has 1 spiro atoms. The molecule has 0 aliphatic carbocycles. The van der Waals surface area contributed by atoms with E-state index in [4.69, 9.17) is 14.6 Å². The van der Waals surface area contributed by atoms with Crippen LogP contribution in [0.1, 0.15) is 31.7 Å². The zero-order valence-corrected chi connectivity index (χ0v) is 19.2. The van der Waals surface area contributed by atoms with Crippen molar-refractivity contribution in [2.24, 2.45) is 5.92 Å². The van der Waals surface area contributed by atoms with Gasteiger partial charge in [-0.2, -0.15) is 18.3 Å². The summed E-state index contributed by atoms with van der Waals surface area (Å²) in [6.45, 7) is 7.10. The molecule has 1 saturated heterocycles. The van der Waals surface area contributed by atoms with Crippen LogP contribution < -0.4 is 11.1 Å². The van der Waals surface area contributed by atoms with Gasteiger partial charge in [0, 0.05) is 26.2 Å². The van der Waals surface area contributed by atoms with Gasteiger partial charge in [-0.15, -0.1) is 0 Å². The molecule has 192 valence electrons. The maximum atomic E-state index is 13.1. The van der Waals surface area contributed by atoms with Gasteiger partial charge in [0.2, 0.25) is 0 Å². The average molecular weight is 502 g/mol. The van der Waals surface area contributed by atoms with Crippen molar-refractivity contribution in [1.29, 1.82) is 0 Å². The fraction of sp³-hybridized carbons (Fsp3) is 0.545. The van der Waals surface area contributed by atoms with Gasteiger partial charge in [0.05, 0.1) is 6.54 Å². The number of halogens is 4. The number of rotatable bonds is 4. The monoisotopic (exact) mass is 502 g/mol. The van der Waals surface area contributed by atoms with E-state index >= 15 is 0 Å². The van der Waals surface area contributed by atoms with Crippen LogP contribution in [0, 0.1) is 11.7 Å². The molecule has 1 aromatic heterocycles. The Kier molecular flexibility index (Phi) is 7.80. The number of alkyl halides is 3. The highest BCUT2D eigenvalue weighted by molar-refractivity contribution is 5.73. The summed E-state index contributed by atoms with van der Waals surface area (Å²) >= 11 is 0. The molecule has 35 heavy (non-hydrogen) atoms. The molecule has 0 saturated carbocycles. The smallest absolute Gasteiger partial charge is 0.475 e. The number of likely N-dealkylation sites (tertiary alicyclic amines) is 1. The number of carboxylic acids is 1. The molecular weight excluding hydrogens is 476 g/mol. The van der Waals surface area contributed by atoms with Gasteiger partial charge < -0.3 is 9.84 Å². The number of nitrogens with zero attached hydrogens (tertiary/aromatic N) is 4. The van der Waals surface area contributed by atoms with Crippen molar-refractivity contribution in [3.05, 3.63) is 62.2 Å². The largest absolute Gasteiger partial charge is 0.490 e. The molecule has 1 atom stereocenters. The molecule has 0 bridgehead atoms. The Labute approximate surface area is 197 Å². The minimum atomic E-state index is -5.08. The predicted octanol–water partition coefficient (Wildman–Crippen LogP) is 2.01. The van der Waals surface area contributed by atoms with Gasteiger partial charge in [-0.3, -0.25) is 19.1 Å². The number of benzene rings is 1. The number of aliphatic carboxylic acids is 1. The first-order valence-electron chi connectivity index (χ1n) is 10.9. The topological polar surface area (TPSA) is 107 Å². The molecule has 9 nitrogen and oxygen atoms in total. The molecule has 13 heteroatoms. The molecule has 1 unspecified atom stereocenters. The van der Waals surface area contributed by atoms with Crippen molar-refractivity contribution >= 4 is 5.97 Å². The summed E-state index contributed by atoms with van der Waals surface area (Å²) in [4.78, 5) is 36.2. The molecule has 4 rings (SSSR count). The maximum Gasteiger partial charge on any atom is 0.490 e. The molecular formula is C22H26F4N4O5. The van der Waals surface area contributed by atoms with E-state index in [0.29, 0.717) is 32.0 Å². The first-order chi connectivity index (χ1) is 16.3. The van der Waals surface area contributed by atoms with Crippen LogP contribution in [0.15, 0.2) is 33.9 Å². The summed E-state index contributed by atoms with van der Waals surface area (Å²) in [6, 6.07) is 6.48. The van der Waals surface area contributed by atoms with Gasteiger partial charge in [-0.25, -0.2) is 13.9 Å².